The van der Waals surface area contributed by atoms with Gasteiger partial charge in [0.15, 0.2) is 5.78 Å². The van der Waals surface area contributed by atoms with E-state index in [-0.39, 0.29) is 11.2 Å². The van der Waals surface area contributed by atoms with Crippen molar-refractivity contribution in [3.8, 4) is 0 Å². The Bertz CT molecular complexity index is 455. The van der Waals surface area contributed by atoms with Gasteiger partial charge in [-0.3, -0.25) is 4.79 Å². The van der Waals surface area contributed by atoms with Gasteiger partial charge in [0.2, 0.25) is 0 Å². The zero-order valence-corrected chi connectivity index (χ0v) is 11.3. The minimum absolute atomic E-state index is 0.00955. The Morgan fingerprint density at radius 1 is 1.39 bits per heavy atom. The number of rotatable bonds is 4. The highest BCUT2D eigenvalue weighted by Crippen LogP contribution is 2.33. The number of aromatic nitrogens is 2. The lowest BCUT2D eigenvalue weighted by molar-refractivity contribution is 0.0909. The summed E-state index contributed by atoms with van der Waals surface area (Å²) in [7, 11) is 0. The Kier molecular flexibility index (Phi) is 3.76. The van der Waals surface area contributed by atoms with Crippen LogP contribution in [0.4, 0.5) is 0 Å². The molecule has 0 aromatic carbocycles. The minimum Gasteiger partial charge on any atom is -0.381 e. The third-order valence-electron chi connectivity index (χ3n) is 3.18. The third-order valence-corrected chi connectivity index (χ3v) is 3.18. The highest BCUT2D eigenvalue weighted by Gasteiger charge is 2.32. The molecule has 0 fully saturated rings. The zero-order chi connectivity index (χ0) is 13.2. The summed E-state index contributed by atoms with van der Waals surface area (Å²) < 4.78 is 5.30. The van der Waals surface area contributed by atoms with Crippen LogP contribution in [0.25, 0.3) is 0 Å². The summed E-state index contributed by atoms with van der Waals surface area (Å²) in [6, 6.07) is 0. The molecule has 98 valence electrons. The second kappa shape index (κ2) is 5.14. The SMILES string of the molecule is CCOCCc1ncc2c(n1)CC(C)(C)CC2=O. The van der Waals surface area contributed by atoms with Crippen molar-refractivity contribution in [1.29, 1.82) is 0 Å². The molecule has 1 aromatic rings. The van der Waals surface area contributed by atoms with Gasteiger partial charge >= 0.3 is 0 Å². The molecule has 1 aromatic heterocycles. The Morgan fingerprint density at radius 2 is 2.17 bits per heavy atom. The summed E-state index contributed by atoms with van der Waals surface area (Å²) in [6.45, 7) is 7.52. The van der Waals surface area contributed by atoms with Crippen molar-refractivity contribution in [2.24, 2.45) is 5.41 Å². The summed E-state index contributed by atoms with van der Waals surface area (Å²) in [4.78, 5) is 20.7. The Labute approximate surface area is 108 Å². The molecule has 4 nitrogen and oxygen atoms in total. The van der Waals surface area contributed by atoms with Crippen LogP contribution in [0.1, 0.15) is 49.1 Å². The van der Waals surface area contributed by atoms with E-state index in [0.717, 1.165) is 17.9 Å². The topological polar surface area (TPSA) is 52.1 Å². The number of hydrogen-bond acceptors (Lipinski definition) is 4. The first-order valence-electron chi connectivity index (χ1n) is 6.47. The molecule has 0 aliphatic heterocycles. The van der Waals surface area contributed by atoms with E-state index in [4.69, 9.17) is 4.74 Å². The van der Waals surface area contributed by atoms with Crippen LogP contribution < -0.4 is 0 Å². The summed E-state index contributed by atoms with van der Waals surface area (Å²) in [5, 5.41) is 0. The number of ether oxygens (including phenoxy) is 1. The first-order valence-corrected chi connectivity index (χ1v) is 6.47. The molecule has 0 atom stereocenters. The molecule has 0 bridgehead atoms. The van der Waals surface area contributed by atoms with Crippen LogP contribution in [-0.4, -0.2) is 29.0 Å². The van der Waals surface area contributed by atoms with Crippen LogP contribution in [0.2, 0.25) is 0 Å². The molecule has 1 aliphatic rings. The minimum atomic E-state index is 0.00955. The van der Waals surface area contributed by atoms with E-state index < -0.39 is 0 Å². The van der Waals surface area contributed by atoms with Crippen LogP contribution in [-0.2, 0) is 17.6 Å². The predicted molar refractivity (Wildman–Crippen MR) is 68.7 cm³/mol. The predicted octanol–water partition coefficient (Wildman–Crippen LogP) is 2.21. The van der Waals surface area contributed by atoms with Gasteiger partial charge in [0, 0.05) is 25.6 Å². The molecular weight excluding hydrogens is 228 g/mol. The van der Waals surface area contributed by atoms with E-state index in [2.05, 4.69) is 23.8 Å². The summed E-state index contributed by atoms with van der Waals surface area (Å²) >= 11 is 0. The lowest BCUT2D eigenvalue weighted by Crippen LogP contribution is -2.28. The average Bonchev–Trinajstić information content (AvgIpc) is 2.27. The third kappa shape index (κ3) is 2.93. The summed E-state index contributed by atoms with van der Waals surface area (Å²) in [5.41, 5.74) is 1.61. The number of ketones is 1. The highest BCUT2D eigenvalue weighted by molar-refractivity contribution is 5.98. The highest BCUT2D eigenvalue weighted by atomic mass is 16.5. The molecule has 0 unspecified atom stereocenters. The molecule has 0 amide bonds. The van der Waals surface area contributed by atoms with Crippen molar-refractivity contribution in [3.05, 3.63) is 23.3 Å². The van der Waals surface area contributed by atoms with Crippen LogP contribution in [0.3, 0.4) is 0 Å². The Balaban J connectivity index is 2.18. The quantitative estimate of drug-likeness (QED) is 0.767. The van der Waals surface area contributed by atoms with Crippen LogP contribution in [0, 0.1) is 5.41 Å². The van der Waals surface area contributed by atoms with Gasteiger partial charge in [0.05, 0.1) is 17.9 Å². The number of nitrogens with zero attached hydrogens (tertiary/aromatic N) is 2. The monoisotopic (exact) mass is 248 g/mol. The van der Waals surface area contributed by atoms with Crippen molar-refractivity contribution < 1.29 is 9.53 Å². The maximum Gasteiger partial charge on any atom is 0.166 e. The van der Waals surface area contributed by atoms with E-state index in [1.54, 1.807) is 6.20 Å². The molecule has 0 saturated carbocycles. The molecule has 2 rings (SSSR count). The van der Waals surface area contributed by atoms with Gasteiger partial charge in [-0.2, -0.15) is 0 Å². The van der Waals surface area contributed by atoms with E-state index in [0.29, 0.717) is 31.6 Å². The molecule has 4 heteroatoms. The number of carbonyl (C=O) groups is 1. The molecule has 1 aliphatic carbocycles. The molecule has 0 N–H and O–H groups in total. The molecule has 0 saturated heterocycles. The lowest BCUT2D eigenvalue weighted by Gasteiger charge is -2.29. The van der Waals surface area contributed by atoms with Gasteiger partial charge in [-0.05, 0) is 18.8 Å². The average molecular weight is 248 g/mol. The lowest BCUT2D eigenvalue weighted by atomic mass is 9.76. The van der Waals surface area contributed by atoms with Gasteiger partial charge in [0.25, 0.3) is 0 Å². The van der Waals surface area contributed by atoms with Crippen molar-refractivity contribution in [1.82, 2.24) is 9.97 Å². The fourth-order valence-corrected chi connectivity index (χ4v) is 2.30. The second-order valence-corrected chi connectivity index (χ2v) is 5.53. The van der Waals surface area contributed by atoms with Crippen LogP contribution in [0.15, 0.2) is 6.20 Å². The van der Waals surface area contributed by atoms with E-state index in [1.807, 2.05) is 6.92 Å². The van der Waals surface area contributed by atoms with Crippen molar-refractivity contribution in [2.45, 2.75) is 40.0 Å². The van der Waals surface area contributed by atoms with Gasteiger partial charge in [-0.25, -0.2) is 9.97 Å². The first-order chi connectivity index (χ1) is 8.52. The standard InChI is InChI=1S/C14H20N2O2/c1-4-18-6-5-13-15-9-10-11(16-13)7-14(2,3)8-12(10)17/h9H,4-8H2,1-3H3. The van der Waals surface area contributed by atoms with Gasteiger partial charge in [0.1, 0.15) is 5.82 Å². The molecule has 1 heterocycles. The molecule has 18 heavy (non-hydrogen) atoms. The smallest absolute Gasteiger partial charge is 0.166 e. The van der Waals surface area contributed by atoms with E-state index in [9.17, 15) is 4.79 Å². The number of hydrogen-bond donors (Lipinski definition) is 0. The number of fused-ring (bicyclic) bond motifs is 1. The van der Waals surface area contributed by atoms with E-state index >= 15 is 0 Å². The molecule has 0 radical (unpaired) electrons. The van der Waals surface area contributed by atoms with Crippen LogP contribution >= 0.6 is 0 Å². The maximum atomic E-state index is 12.0. The van der Waals surface area contributed by atoms with Crippen molar-refractivity contribution in [3.63, 3.8) is 0 Å². The first kappa shape index (κ1) is 13.1. The fourth-order valence-electron chi connectivity index (χ4n) is 2.30. The second-order valence-electron chi connectivity index (χ2n) is 5.53. The van der Waals surface area contributed by atoms with Crippen LogP contribution in [0.5, 0.6) is 0 Å². The Hall–Kier alpha value is -1.29. The zero-order valence-electron chi connectivity index (χ0n) is 11.3. The van der Waals surface area contributed by atoms with Gasteiger partial charge < -0.3 is 4.74 Å². The number of Topliss-reactive ketones (excluding diaryl/α,β-unsaturated/α-hetero) is 1. The van der Waals surface area contributed by atoms with Gasteiger partial charge in [-0.15, -0.1) is 0 Å². The van der Waals surface area contributed by atoms with Gasteiger partial charge in [-0.1, -0.05) is 13.8 Å². The molecule has 0 spiro atoms. The maximum absolute atomic E-state index is 12.0. The Morgan fingerprint density at radius 3 is 2.89 bits per heavy atom. The van der Waals surface area contributed by atoms with Crippen molar-refractivity contribution >= 4 is 5.78 Å². The fraction of sp³-hybridized carbons (Fsp3) is 0.643. The number of carbonyl (C=O) groups excluding carboxylic acids is 1. The molecular formula is C14H20N2O2. The normalized spacial score (nSPS) is 17.6. The van der Waals surface area contributed by atoms with Crippen molar-refractivity contribution in [2.75, 3.05) is 13.2 Å². The summed E-state index contributed by atoms with van der Waals surface area (Å²) in [6.07, 6.45) is 3.82. The summed E-state index contributed by atoms with van der Waals surface area (Å²) in [5.74, 6) is 0.935. The largest absolute Gasteiger partial charge is 0.381 e. The van der Waals surface area contributed by atoms with E-state index in [1.165, 1.54) is 0 Å².